The molecule has 0 saturated carbocycles. The Bertz CT molecular complexity index is 611. The lowest BCUT2D eigenvalue weighted by atomic mass is 10.2. The number of aromatic nitrogens is 1. The number of rotatable bonds is 10. The van der Waals surface area contributed by atoms with Gasteiger partial charge in [0, 0.05) is 29.4 Å². The van der Waals surface area contributed by atoms with E-state index in [-0.39, 0.29) is 5.91 Å². The molecule has 1 amide bonds. The predicted octanol–water partition coefficient (Wildman–Crippen LogP) is 3.74. The molecule has 0 unspecified atom stereocenters. The fourth-order valence-electron chi connectivity index (χ4n) is 2.45. The Labute approximate surface area is 148 Å². The molecule has 24 heavy (non-hydrogen) atoms. The normalized spacial score (nSPS) is 10.8. The van der Waals surface area contributed by atoms with Crippen LogP contribution in [0.25, 0.3) is 0 Å². The van der Waals surface area contributed by atoms with Crippen molar-refractivity contribution < 1.29 is 4.79 Å². The maximum atomic E-state index is 12.2. The summed E-state index contributed by atoms with van der Waals surface area (Å²) in [6.07, 6.45) is 3.86. The Hall–Kier alpha value is -1.92. The van der Waals surface area contributed by atoms with Crippen molar-refractivity contribution in [2.24, 2.45) is 0 Å². The lowest BCUT2D eigenvalue weighted by molar-refractivity contribution is 0.0952. The van der Waals surface area contributed by atoms with Crippen molar-refractivity contribution in [1.82, 2.24) is 15.2 Å². The van der Waals surface area contributed by atoms with Gasteiger partial charge in [-0.3, -0.25) is 4.79 Å². The van der Waals surface area contributed by atoms with E-state index in [0.29, 0.717) is 12.1 Å². The topological polar surface area (TPSA) is 57.3 Å². The van der Waals surface area contributed by atoms with Crippen LogP contribution in [0, 0.1) is 0 Å². The highest BCUT2D eigenvalue weighted by atomic mass is 32.1. The Morgan fingerprint density at radius 3 is 2.79 bits per heavy atom. The third-order valence-electron chi connectivity index (χ3n) is 3.89. The third kappa shape index (κ3) is 5.94. The minimum absolute atomic E-state index is 0.0272. The van der Waals surface area contributed by atoms with E-state index in [0.717, 1.165) is 43.3 Å². The molecular weight excluding hydrogens is 320 g/mol. The third-order valence-corrected chi connectivity index (χ3v) is 4.58. The molecule has 0 aliphatic heterocycles. The number of benzene rings is 1. The molecule has 2 N–H and O–H groups in total. The van der Waals surface area contributed by atoms with Gasteiger partial charge in [-0.15, -0.1) is 11.3 Å². The summed E-state index contributed by atoms with van der Waals surface area (Å²) in [5, 5.41) is 8.94. The van der Waals surface area contributed by atoms with Crippen LogP contribution in [-0.2, 0) is 0 Å². The number of carbonyl (C=O) groups excluding carboxylic acids is 1. The molecule has 0 atom stereocenters. The molecule has 0 fully saturated rings. The molecule has 1 aromatic heterocycles. The van der Waals surface area contributed by atoms with E-state index in [2.05, 4.69) is 34.4 Å². The van der Waals surface area contributed by atoms with Gasteiger partial charge in [-0.1, -0.05) is 19.9 Å². The highest BCUT2D eigenvalue weighted by Gasteiger charge is 2.06. The summed E-state index contributed by atoms with van der Waals surface area (Å²) >= 11 is 1.53. The number of carbonyl (C=O) groups is 1. The standard InChI is InChI=1S/C18H26N4OS/c1-3-22(4-2)12-6-5-10-19-17(23)15-8-7-9-16(14-15)21-18-20-11-13-24-18/h7-9,11,13-14H,3-6,10,12H2,1-2H3,(H,19,23)(H,20,21). The summed E-state index contributed by atoms with van der Waals surface area (Å²) in [6, 6.07) is 7.50. The van der Waals surface area contributed by atoms with E-state index in [1.54, 1.807) is 6.20 Å². The first kappa shape index (κ1) is 18.4. The molecule has 0 aliphatic carbocycles. The lowest BCUT2D eigenvalue weighted by Crippen LogP contribution is -2.27. The minimum atomic E-state index is -0.0272. The van der Waals surface area contributed by atoms with Gasteiger partial charge in [0.05, 0.1) is 0 Å². The van der Waals surface area contributed by atoms with E-state index in [1.807, 2.05) is 29.6 Å². The van der Waals surface area contributed by atoms with Crippen LogP contribution in [0.2, 0.25) is 0 Å². The van der Waals surface area contributed by atoms with E-state index in [9.17, 15) is 4.79 Å². The quantitative estimate of drug-likeness (QED) is 0.644. The second-order valence-electron chi connectivity index (χ2n) is 5.53. The maximum Gasteiger partial charge on any atom is 0.251 e. The Morgan fingerprint density at radius 2 is 2.08 bits per heavy atom. The molecule has 1 aromatic carbocycles. The molecule has 5 nitrogen and oxygen atoms in total. The number of anilines is 2. The molecule has 130 valence electrons. The van der Waals surface area contributed by atoms with Gasteiger partial charge in [-0.25, -0.2) is 4.98 Å². The van der Waals surface area contributed by atoms with E-state index < -0.39 is 0 Å². The number of hydrogen-bond donors (Lipinski definition) is 2. The van der Waals surface area contributed by atoms with Crippen LogP contribution in [0.1, 0.15) is 37.0 Å². The van der Waals surface area contributed by atoms with Gasteiger partial charge in [0.25, 0.3) is 5.91 Å². The van der Waals surface area contributed by atoms with Crippen LogP contribution in [0.5, 0.6) is 0 Å². The molecule has 0 bridgehead atoms. The van der Waals surface area contributed by atoms with Gasteiger partial charge in [0.2, 0.25) is 0 Å². The average Bonchev–Trinajstić information content (AvgIpc) is 3.11. The largest absolute Gasteiger partial charge is 0.352 e. The van der Waals surface area contributed by atoms with Crippen molar-refractivity contribution in [3.63, 3.8) is 0 Å². The number of unbranched alkanes of at least 4 members (excludes halogenated alkanes) is 1. The molecule has 0 aliphatic rings. The summed E-state index contributed by atoms with van der Waals surface area (Å²) < 4.78 is 0. The molecule has 0 radical (unpaired) electrons. The van der Waals surface area contributed by atoms with Crippen LogP contribution < -0.4 is 10.6 Å². The van der Waals surface area contributed by atoms with Crippen molar-refractivity contribution in [2.75, 3.05) is 31.5 Å². The Morgan fingerprint density at radius 1 is 1.25 bits per heavy atom. The van der Waals surface area contributed by atoms with Crippen LogP contribution in [0.15, 0.2) is 35.8 Å². The van der Waals surface area contributed by atoms with Crippen LogP contribution in [0.4, 0.5) is 10.8 Å². The van der Waals surface area contributed by atoms with E-state index in [1.165, 1.54) is 11.3 Å². The van der Waals surface area contributed by atoms with Gasteiger partial charge in [-0.2, -0.15) is 0 Å². The SMILES string of the molecule is CCN(CC)CCCCNC(=O)c1cccc(Nc2nccs2)c1. The summed E-state index contributed by atoms with van der Waals surface area (Å²) in [7, 11) is 0. The van der Waals surface area contributed by atoms with Gasteiger partial charge in [-0.05, 0) is 50.7 Å². The number of nitrogens with zero attached hydrogens (tertiary/aromatic N) is 2. The van der Waals surface area contributed by atoms with E-state index >= 15 is 0 Å². The molecule has 2 aromatic rings. The van der Waals surface area contributed by atoms with Crippen LogP contribution in [-0.4, -0.2) is 42.0 Å². The molecule has 2 rings (SSSR count). The van der Waals surface area contributed by atoms with Crippen molar-refractivity contribution in [2.45, 2.75) is 26.7 Å². The number of nitrogens with one attached hydrogen (secondary N) is 2. The van der Waals surface area contributed by atoms with Crippen LogP contribution in [0.3, 0.4) is 0 Å². The van der Waals surface area contributed by atoms with Crippen molar-refractivity contribution in [3.05, 3.63) is 41.4 Å². The smallest absolute Gasteiger partial charge is 0.251 e. The fraction of sp³-hybridized carbons (Fsp3) is 0.444. The number of thiazole rings is 1. The Balaban J connectivity index is 1.76. The van der Waals surface area contributed by atoms with Crippen molar-refractivity contribution in [3.8, 4) is 0 Å². The van der Waals surface area contributed by atoms with Crippen molar-refractivity contribution in [1.29, 1.82) is 0 Å². The zero-order valence-corrected chi connectivity index (χ0v) is 15.2. The van der Waals surface area contributed by atoms with Crippen molar-refractivity contribution >= 4 is 28.1 Å². The zero-order chi connectivity index (χ0) is 17.2. The Kier molecular flexibility index (Phi) is 7.71. The first-order valence-corrected chi connectivity index (χ1v) is 9.38. The predicted molar refractivity (Wildman–Crippen MR) is 101 cm³/mol. The molecule has 1 heterocycles. The second-order valence-corrected chi connectivity index (χ2v) is 6.43. The summed E-state index contributed by atoms with van der Waals surface area (Å²) in [5.74, 6) is -0.0272. The monoisotopic (exact) mass is 346 g/mol. The first-order chi connectivity index (χ1) is 11.7. The molecule has 0 saturated heterocycles. The van der Waals surface area contributed by atoms with E-state index in [4.69, 9.17) is 0 Å². The highest BCUT2D eigenvalue weighted by molar-refractivity contribution is 7.13. The first-order valence-electron chi connectivity index (χ1n) is 8.50. The average molecular weight is 347 g/mol. The summed E-state index contributed by atoms with van der Waals surface area (Å²) in [6.45, 7) is 8.33. The highest BCUT2D eigenvalue weighted by Crippen LogP contribution is 2.19. The maximum absolute atomic E-state index is 12.2. The second kappa shape index (κ2) is 10.1. The lowest BCUT2D eigenvalue weighted by Gasteiger charge is -2.17. The number of hydrogen-bond acceptors (Lipinski definition) is 5. The van der Waals surface area contributed by atoms with Gasteiger partial charge >= 0.3 is 0 Å². The van der Waals surface area contributed by atoms with Crippen LogP contribution >= 0.6 is 11.3 Å². The summed E-state index contributed by atoms with van der Waals surface area (Å²) in [4.78, 5) is 18.8. The van der Waals surface area contributed by atoms with Gasteiger partial charge < -0.3 is 15.5 Å². The minimum Gasteiger partial charge on any atom is -0.352 e. The number of amides is 1. The molecular formula is C18H26N4OS. The van der Waals surface area contributed by atoms with Gasteiger partial charge in [0.1, 0.15) is 0 Å². The molecule has 6 heteroatoms. The van der Waals surface area contributed by atoms with Gasteiger partial charge in [0.15, 0.2) is 5.13 Å². The molecule has 0 spiro atoms. The fourth-order valence-corrected chi connectivity index (χ4v) is 3.00. The summed E-state index contributed by atoms with van der Waals surface area (Å²) in [5.41, 5.74) is 1.54. The zero-order valence-electron chi connectivity index (χ0n) is 14.4.